The van der Waals surface area contributed by atoms with E-state index >= 15 is 0 Å². The van der Waals surface area contributed by atoms with Gasteiger partial charge < -0.3 is 4.43 Å². The molecule has 1 rings (SSSR count). The van der Waals surface area contributed by atoms with Gasteiger partial charge in [-0.1, -0.05) is 26.8 Å². The summed E-state index contributed by atoms with van der Waals surface area (Å²) in [5.74, 6) is -1.12. The van der Waals surface area contributed by atoms with Crippen LogP contribution in [0.3, 0.4) is 0 Å². The molecule has 8 heteroatoms. The van der Waals surface area contributed by atoms with Crippen molar-refractivity contribution >= 4 is 8.32 Å². The maximum atomic E-state index is 13.1. The van der Waals surface area contributed by atoms with Crippen LogP contribution in [0.15, 0.2) is 18.2 Å². The molecule has 0 heterocycles. The number of rotatable bonds is 2. The zero-order chi connectivity index (χ0) is 17.6. The van der Waals surface area contributed by atoms with Crippen LogP contribution in [0, 0.1) is 0 Å². The van der Waals surface area contributed by atoms with Crippen LogP contribution in [-0.2, 0) is 12.4 Å². The quantitative estimate of drug-likeness (QED) is 0.465. The molecule has 1 aromatic carbocycles. The lowest BCUT2D eigenvalue weighted by Crippen LogP contribution is -2.44. The van der Waals surface area contributed by atoms with Crippen LogP contribution in [0.1, 0.15) is 31.9 Å². The van der Waals surface area contributed by atoms with Crippen molar-refractivity contribution in [2.75, 3.05) is 0 Å². The molecule has 1 aromatic rings. The zero-order valence-electron chi connectivity index (χ0n) is 12.9. The number of hydrogen-bond acceptors (Lipinski definition) is 1. The molecule has 0 aromatic heterocycles. The average Bonchev–Trinajstić information content (AvgIpc) is 2.23. The van der Waals surface area contributed by atoms with Crippen LogP contribution < -0.4 is 4.43 Å². The molecular weight excluding hydrogens is 326 g/mol. The Morgan fingerprint density at radius 3 is 1.45 bits per heavy atom. The first-order chi connectivity index (χ1) is 9.57. The van der Waals surface area contributed by atoms with Crippen molar-refractivity contribution in [2.45, 2.75) is 51.3 Å². The molecule has 0 aliphatic carbocycles. The largest absolute Gasteiger partial charge is 0.543 e. The van der Waals surface area contributed by atoms with Gasteiger partial charge in [0.1, 0.15) is 5.75 Å². The minimum Gasteiger partial charge on any atom is -0.543 e. The molecule has 126 valence electrons. The minimum absolute atomic E-state index is 0.533. The summed E-state index contributed by atoms with van der Waals surface area (Å²) in [4.78, 5) is 0. The summed E-state index contributed by atoms with van der Waals surface area (Å²) < 4.78 is 83.7. The Morgan fingerprint density at radius 2 is 1.18 bits per heavy atom. The predicted octanol–water partition coefficient (Wildman–Crippen LogP) is 6.11. The molecule has 0 amide bonds. The fourth-order valence-electron chi connectivity index (χ4n) is 1.50. The van der Waals surface area contributed by atoms with Gasteiger partial charge in [-0.3, -0.25) is 0 Å². The van der Waals surface area contributed by atoms with E-state index in [1.165, 1.54) is 0 Å². The second-order valence-electron chi connectivity index (χ2n) is 6.54. The number of alkyl halides is 6. The van der Waals surface area contributed by atoms with E-state index in [2.05, 4.69) is 0 Å². The van der Waals surface area contributed by atoms with Gasteiger partial charge in [-0.25, -0.2) is 0 Å². The summed E-state index contributed by atoms with van der Waals surface area (Å²) in [5.41, 5.74) is -2.79. The lowest BCUT2D eigenvalue weighted by molar-refractivity contribution is -0.144. The van der Waals surface area contributed by atoms with Gasteiger partial charge in [0.25, 0.3) is 8.32 Å². The van der Waals surface area contributed by atoms with E-state index in [0.29, 0.717) is 12.1 Å². The average molecular weight is 344 g/mol. The maximum Gasteiger partial charge on any atom is 0.419 e. The van der Waals surface area contributed by atoms with Gasteiger partial charge in [-0.2, -0.15) is 26.3 Å². The third-order valence-electron chi connectivity index (χ3n) is 3.79. The van der Waals surface area contributed by atoms with E-state index in [4.69, 9.17) is 4.43 Å². The number of halogens is 6. The summed E-state index contributed by atoms with van der Waals surface area (Å²) in [5, 5.41) is -0.533. The highest BCUT2D eigenvalue weighted by Gasteiger charge is 2.46. The van der Waals surface area contributed by atoms with Gasteiger partial charge in [0.05, 0.1) is 11.1 Å². The molecule has 0 aliphatic rings. The van der Waals surface area contributed by atoms with Crippen LogP contribution in [0.4, 0.5) is 26.3 Å². The van der Waals surface area contributed by atoms with Crippen molar-refractivity contribution in [3.8, 4) is 5.75 Å². The first kappa shape index (κ1) is 18.9. The predicted molar refractivity (Wildman–Crippen MR) is 74.3 cm³/mol. The first-order valence-electron chi connectivity index (χ1n) is 6.54. The lowest BCUT2D eigenvalue weighted by atomic mass is 10.1. The Kier molecular flexibility index (Phi) is 4.69. The monoisotopic (exact) mass is 344 g/mol. The number of hydrogen-bond donors (Lipinski definition) is 0. The molecule has 0 unspecified atom stereocenters. The molecule has 0 N–H and O–H groups in total. The third kappa shape index (κ3) is 3.96. The molecule has 0 radical (unpaired) electrons. The lowest BCUT2D eigenvalue weighted by Gasteiger charge is -2.38. The van der Waals surface area contributed by atoms with Crippen molar-refractivity contribution in [3.63, 3.8) is 0 Å². The van der Waals surface area contributed by atoms with Crippen LogP contribution in [0.25, 0.3) is 0 Å². The molecule has 0 saturated heterocycles. The molecular formula is C14H18F6OSi. The number of para-hydroxylation sites is 1. The Morgan fingerprint density at radius 1 is 0.818 bits per heavy atom. The van der Waals surface area contributed by atoms with E-state index in [1.807, 2.05) is 0 Å². The van der Waals surface area contributed by atoms with Crippen molar-refractivity contribution in [1.82, 2.24) is 0 Å². The SMILES string of the molecule is CC(C)(C)[Si](C)(C)Oc1c(C(F)(F)F)cccc1C(F)(F)F. The van der Waals surface area contributed by atoms with Crippen LogP contribution in [0.5, 0.6) is 5.75 Å². The maximum absolute atomic E-state index is 13.1. The normalized spacial score (nSPS) is 14.1. The summed E-state index contributed by atoms with van der Waals surface area (Å²) in [6.07, 6.45) is -9.84. The second-order valence-corrected chi connectivity index (χ2v) is 11.3. The van der Waals surface area contributed by atoms with Crippen LogP contribution in [-0.4, -0.2) is 8.32 Å². The van der Waals surface area contributed by atoms with Crippen molar-refractivity contribution in [3.05, 3.63) is 29.3 Å². The van der Waals surface area contributed by atoms with Crippen LogP contribution in [0.2, 0.25) is 18.1 Å². The molecule has 1 nitrogen and oxygen atoms in total. The molecule has 0 spiro atoms. The molecule has 0 bridgehead atoms. The fraction of sp³-hybridized carbons (Fsp3) is 0.571. The van der Waals surface area contributed by atoms with Crippen LogP contribution >= 0.6 is 0 Å². The van der Waals surface area contributed by atoms with Crippen molar-refractivity contribution < 1.29 is 30.8 Å². The standard InChI is InChI=1S/C14H18F6OSi/c1-12(2,3)22(4,5)21-11-9(13(15,16)17)7-6-8-10(11)14(18,19)20/h6-8H,1-5H3. The van der Waals surface area contributed by atoms with Gasteiger partial charge >= 0.3 is 12.4 Å². The van der Waals surface area contributed by atoms with E-state index in [1.54, 1.807) is 33.9 Å². The van der Waals surface area contributed by atoms with Crippen molar-refractivity contribution in [1.29, 1.82) is 0 Å². The summed E-state index contributed by atoms with van der Waals surface area (Å²) in [7, 11) is -2.87. The van der Waals surface area contributed by atoms with E-state index < -0.39 is 42.6 Å². The molecule has 0 saturated carbocycles. The summed E-state index contributed by atoms with van der Waals surface area (Å²) in [6, 6.07) is 1.96. The van der Waals surface area contributed by atoms with E-state index in [9.17, 15) is 26.3 Å². The zero-order valence-corrected chi connectivity index (χ0v) is 13.9. The summed E-state index contributed by atoms with van der Waals surface area (Å²) in [6.45, 7) is 8.41. The van der Waals surface area contributed by atoms with Gasteiger partial charge in [0.2, 0.25) is 0 Å². The Labute approximate surface area is 126 Å². The third-order valence-corrected chi connectivity index (χ3v) is 8.12. The fourth-order valence-corrected chi connectivity index (χ4v) is 2.54. The Hall–Kier alpha value is -1.18. The minimum atomic E-state index is -4.92. The Balaban J connectivity index is 3.56. The molecule has 0 aliphatic heterocycles. The highest BCUT2D eigenvalue weighted by Crippen LogP contribution is 2.47. The first-order valence-corrected chi connectivity index (χ1v) is 9.44. The van der Waals surface area contributed by atoms with Gasteiger partial charge in [-0.05, 0) is 30.3 Å². The van der Waals surface area contributed by atoms with Crippen molar-refractivity contribution in [2.24, 2.45) is 0 Å². The van der Waals surface area contributed by atoms with E-state index in [0.717, 1.165) is 6.07 Å². The summed E-state index contributed by atoms with van der Waals surface area (Å²) >= 11 is 0. The highest BCUT2D eigenvalue weighted by atomic mass is 28.4. The molecule has 22 heavy (non-hydrogen) atoms. The van der Waals surface area contributed by atoms with Gasteiger partial charge in [-0.15, -0.1) is 0 Å². The van der Waals surface area contributed by atoms with Gasteiger partial charge in [0.15, 0.2) is 0 Å². The smallest absolute Gasteiger partial charge is 0.419 e. The van der Waals surface area contributed by atoms with Gasteiger partial charge in [0, 0.05) is 0 Å². The topological polar surface area (TPSA) is 9.23 Å². The number of benzene rings is 1. The van der Waals surface area contributed by atoms with E-state index in [-0.39, 0.29) is 0 Å². The molecule has 0 fully saturated rings. The highest BCUT2D eigenvalue weighted by molar-refractivity contribution is 6.74. The second kappa shape index (κ2) is 5.47. The Bertz CT molecular complexity index is 507. The molecule has 0 atom stereocenters.